The van der Waals surface area contributed by atoms with Crippen LogP contribution in [0.1, 0.15) is 58.3 Å². The second kappa shape index (κ2) is 11.2. The summed E-state index contributed by atoms with van der Waals surface area (Å²) in [6, 6.07) is 4.07. The van der Waals surface area contributed by atoms with Gasteiger partial charge < -0.3 is 14.5 Å². The van der Waals surface area contributed by atoms with E-state index in [4.69, 9.17) is 0 Å². The lowest BCUT2D eigenvalue weighted by atomic mass is 10.1. The Morgan fingerprint density at radius 2 is 1.62 bits per heavy atom. The van der Waals surface area contributed by atoms with E-state index in [0.717, 1.165) is 43.6 Å². The first kappa shape index (κ1) is 20.7. The smallest absolute Gasteiger partial charge is 0.359 e. The second-order valence-corrected chi connectivity index (χ2v) is 7.73. The molecule has 5 heteroatoms. The first-order chi connectivity index (χ1) is 12.7. The summed E-state index contributed by atoms with van der Waals surface area (Å²) < 4.78 is 0.743. The van der Waals surface area contributed by atoms with Crippen molar-refractivity contribution < 1.29 is 14.4 Å². The van der Waals surface area contributed by atoms with Gasteiger partial charge in [0, 0.05) is 18.1 Å². The van der Waals surface area contributed by atoms with Gasteiger partial charge in [0.25, 0.3) is 0 Å². The molecule has 26 heavy (non-hydrogen) atoms. The normalized spacial score (nSPS) is 16.6. The highest BCUT2D eigenvalue weighted by Crippen LogP contribution is 2.21. The Hall–Kier alpha value is -1.62. The molecule has 1 N–H and O–H groups in total. The number of hydrogen-bond donors (Lipinski definition) is 1. The topological polar surface area (TPSA) is 53.4 Å². The molecule has 146 valence electrons. The number of carbonyl (C=O) groups is 1. The summed E-state index contributed by atoms with van der Waals surface area (Å²) in [7, 11) is 0. The molecular formula is C21H36N3O2+. The minimum Gasteiger partial charge on any atom is -0.477 e. The van der Waals surface area contributed by atoms with Crippen molar-refractivity contribution in [3.05, 3.63) is 24.5 Å². The maximum atomic E-state index is 11.4. The quantitative estimate of drug-likeness (QED) is 0.452. The number of rotatable bonds is 12. The lowest BCUT2D eigenvalue weighted by Gasteiger charge is -2.44. The lowest BCUT2D eigenvalue weighted by Crippen LogP contribution is -2.61. The van der Waals surface area contributed by atoms with Crippen LogP contribution in [0.5, 0.6) is 0 Å². The van der Waals surface area contributed by atoms with Crippen molar-refractivity contribution in [1.82, 2.24) is 4.98 Å². The number of unbranched alkanes of at least 4 members (excludes halogenated alkanes) is 7. The molecule has 1 aromatic heterocycles. The number of nitrogens with zero attached hydrogens (tertiary/aromatic N) is 3. The van der Waals surface area contributed by atoms with Gasteiger partial charge in [0.15, 0.2) is 6.54 Å². The Kier molecular flexibility index (Phi) is 8.89. The van der Waals surface area contributed by atoms with Crippen molar-refractivity contribution in [1.29, 1.82) is 0 Å². The molecule has 0 spiro atoms. The van der Waals surface area contributed by atoms with E-state index in [1.807, 2.05) is 24.5 Å². The van der Waals surface area contributed by atoms with E-state index in [1.165, 1.54) is 50.6 Å². The van der Waals surface area contributed by atoms with Gasteiger partial charge in [0.1, 0.15) is 0 Å². The molecule has 2 rings (SSSR count). The van der Waals surface area contributed by atoms with Gasteiger partial charge in [-0.1, -0.05) is 45.4 Å². The van der Waals surface area contributed by atoms with Crippen LogP contribution in [0, 0.1) is 0 Å². The summed E-state index contributed by atoms with van der Waals surface area (Å²) in [5.74, 6) is -0.665. The molecule has 0 amide bonds. The van der Waals surface area contributed by atoms with Crippen molar-refractivity contribution >= 4 is 11.7 Å². The minimum atomic E-state index is -0.665. The second-order valence-electron chi connectivity index (χ2n) is 7.73. The molecule has 1 aromatic rings. The van der Waals surface area contributed by atoms with E-state index in [1.54, 1.807) is 0 Å². The number of aliphatic carboxylic acids is 1. The molecule has 2 heterocycles. The van der Waals surface area contributed by atoms with Crippen LogP contribution < -0.4 is 4.90 Å². The fourth-order valence-corrected chi connectivity index (χ4v) is 4.03. The average molecular weight is 363 g/mol. The number of hydrogen-bond acceptors (Lipinski definition) is 3. The standard InChI is InChI=1S/C21H35N3O2/c1-2-3-4-5-6-7-8-9-16-24(19-21(25)26)17-14-23(15-18-24)20-10-12-22-13-11-20/h10-13H,2-9,14-19H2,1H3/p+1. The van der Waals surface area contributed by atoms with Crippen LogP contribution in [0.15, 0.2) is 24.5 Å². The van der Waals surface area contributed by atoms with Crippen LogP contribution in [-0.4, -0.2) is 59.8 Å². The molecule has 0 radical (unpaired) electrons. The predicted molar refractivity (Wildman–Crippen MR) is 106 cm³/mol. The maximum absolute atomic E-state index is 11.4. The van der Waals surface area contributed by atoms with Crippen LogP contribution in [0.25, 0.3) is 0 Å². The fraction of sp³-hybridized carbons (Fsp3) is 0.714. The maximum Gasteiger partial charge on any atom is 0.359 e. The van der Waals surface area contributed by atoms with Crippen molar-refractivity contribution in [2.75, 3.05) is 44.2 Å². The Labute approximate surface area is 158 Å². The largest absolute Gasteiger partial charge is 0.477 e. The van der Waals surface area contributed by atoms with E-state index < -0.39 is 5.97 Å². The molecule has 1 aliphatic heterocycles. The number of piperazine rings is 1. The monoisotopic (exact) mass is 362 g/mol. The van der Waals surface area contributed by atoms with E-state index in [-0.39, 0.29) is 6.54 Å². The molecule has 1 aliphatic rings. The van der Waals surface area contributed by atoms with E-state index in [2.05, 4.69) is 16.8 Å². The zero-order valence-electron chi connectivity index (χ0n) is 16.4. The fourth-order valence-electron chi connectivity index (χ4n) is 4.03. The minimum absolute atomic E-state index is 0.265. The number of carboxylic acid groups (broad SMARTS) is 1. The van der Waals surface area contributed by atoms with E-state index in [9.17, 15) is 9.90 Å². The van der Waals surface area contributed by atoms with Crippen LogP contribution in [-0.2, 0) is 4.79 Å². The van der Waals surface area contributed by atoms with Crippen molar-refractivity contribution in [3.8, 4) is 0 Å². The molecule has 0 aliphatic carbocycles. The first-order valence-electron chi connectivity index (χ1n) is 10.4. The molecule has 0 saturated carbocycles. The van der Waals surface area contributed by atoms with Gasteiger partial charge in [-0.3, -0.25) is 4.98 Å². The highest BCUT2D eigenvalue weighted by atomic mass is 16.4. The van der Waals surface area contributed by atoms with Crippen LogP contribution in [0.4, 0.5) is 5.69 Å². The summed E-state index contributed by atoms with van der Waals surface area (Å²) in [6.45, 7) is 7.21. The summed E-state index contributed by atoms with van der Waals surface area (Å²) in [5.41, 5.74) is 1.19. The Morgan fingerprint density at radius 1 is 1.04 bits per heavy atom. The average Bonchev–Trinajstić information content (AvgIpc) is 2.65. The zero-order valence-corrected chi connectivity index (χ0v) is 16.4. The number of quaternary nitrogens is 1. The molecular weight excluding hydrogens is 326 g/mol. The molecule has 0 atom stereocenters. The third-order valence-corrected chi connectivity index (χ3v) is 5.67. The molecule has 0 unspecified atom stereocenters. The van der Waals surface area contributed by atoms with Gasteiger partial charge in [-0.05, 0) is 25.0 Å². The highest BCUT2D eigenvalue weighted by Gasteiger charge is 2.34. The lowest BCUT2D eigenvalue weighted by molar-refractivity contribution is -0.922. The van der Waals surface area contributed by atoms with Gasteiger partial charge in [0.05, 0.1) is 32.7 Å². The van der Waals surface area contributed by atoms with Gasteiger partial charge in [-0.15, -0.1) is 0 Å². The molecule has 1 saturated heterocycles. The summed E-state index contributed by atoms with van der Waals surface area (Å²) in [6.07, 6.45) is 14.0. The third kappa shape index (κ3) is 6.94. The number of pyridine rings is 1. The van der Waals surface area contributed by atoms with Gasteiger partial charge in [0.2, 0.25) is 0 Å². The third-order valence-electron chi connectivity index (χ3n) is 5.67. The van der Waals surface area contributed by atoms with Crippen LogP contribution >= 0.6 is 0 Å². The Balaban J connectivity index is 1.75. The summed E-state index contributed by atoms with van der Waals surface area (Å²) >= 11 is 0. The van der Waals surface area contributed by atoms with E-state index in [0.29, 0.717) is 0 Å². The Morgan fingerprint density at radius 3 is 2.19 bits per heavy atom. The molecule has 0 bridgehead atoms. The molecule has 5 nitrogen and oxygen atoms in total. The first-order valence-corrected chi connectivity index (χ1v) is 10.4. The van der Waals surface area contributed by atoms with Crippen molar-refractivity contribution in [2.45, 2.75) is 58.3 Å². The predicted octanol–water partition coefficient (Wildman–Crippen LogP) is 3.94. The van der Waals surface area contributed by atoms with Crippen molar-refractivity contribution in [3.63, 3.8) is 0 Å². The Bertz CT molecular complexity index is 513. The number of anilines is 1. The number of aromatic nitrogens is 1. The van der Waals surface area contributed by atoms with Gasteiger partial charge in [-0.25, -0.2) is 4.79 Å². The highest BCUT2D eigenvalue weighted by molar-refractivity contribution is 5.68. The SMILES string of the molecule is CCCCCCCCCC[N+]1(CC(=O)O)CCN(c2ccncc2)CC1. The molecule has 1 fully saturated rings. The van der Waals surface area contributed by atoms with E-state index >= 15 is 0 Å². The van der Waals surface area contributed by atoms with Crippen LogP contribution in [0.3, 0.4) is 0 Å². The van der Waals surface area contributed by atoms with Gasteiger partial charge in [-0.2, -0.15) is 0 Å². The zero-order chi connectivity index (χ0) is 18.7. The van der Waals surface area contributed by atoms with Gasteiger partial charge >= 0.3 is 5.97 Å². The molecule has 0 aromatic carbocycles. The summed E-state index contributed by atoms with van der Waals surface area (Å²) in [5, 5.41) is 9.40. The summed E-state index contributed by atoms with van der Waals surface area (Å²) in [4.78, 5) is 17.9. The van der Waals surface area contributed by atoms with Crippen molar-refractivity contribution in [2.24, 2.45) is 0 Å². The number of carboxylic acids is 1. The van der Waals surface area contributed by atoms with Crippen LogP contribution in [0.2, 0.25) is 0 Å².